The highest BCUT2D eigenvalue weighted by atomic mass is 28.3. The quantitative estimate of drug-likeness (QED) is 0.699. The second-order valence-electron chi connectivity index (χ2n) is 6.58. The Kier molecular flexibility index (Phi) is 3.10. The molecule has 13 heavy (non-hydrogen) atoms. The van der Waals surface area contributed by atoms with Gasteiger partial charge in [0.2, 0.25) is 0 Å². The van der Waals surface area contributed by atoms with Crippen LogP contribution < -0.4 is 5.32 Å². The predicted molar refractivity (Wildman–Crippen MR) is 66.6 cm³/mol. The van der Waals surface area contributed by atoms with Crippen molar-refractivity contribution < 1.29 is 0 Å². The Morgan fingerprint density at radius 2 is 1.08 bits per heavy atom. The average Bonchev–Trinajstić information content (AvgIpc) is 2.28. The number of nitrogens with one attached hydrogen (secondary N) is 1. The molecule has 1 aliphatic heterocycles. The minimum atomic E-state index is -0.934. The molecule has 0 radical (unpaired) electrons. The van der Waals surface area contributed by atoms with Crippen molar-refractivity contribution in [1.82, 2.24) is 5.32 Å². The molecule has 0 aromatic rings. The van der Waals surface area contributed by atoms with Crippen LogP contribution in [0.15, 0.2) is 0 Å². The van der Waals surface area contributed by atoms with Gasteiger partial charge < -0.3 is 5.32 Å². The van der Waals surface area contributed by atoms with Gasteiger partial charge in [-0.1, -0.05) is 39.3 Å². The van der Waals surface area contributed by atoms with Gasteiger partial charge in [0.25, 0.3) is 0 Å². The van der Waals surface area contributed by atoms with E-state index in [0.29, 0.717) is 0 Å². The van der Waals surface area contributed by atoms with Crippen LogP contribution in [0.5, 0.6) is 0 Å². The molecule has 3 heteroatoms. The minimum Gasteiger partial charge on any atom is -0.316 e. The van der Waals surface area contributed by atoms with Crippen LogP contribution in [0, 0.1) is 0 Å². The number of rotatable bonds is 2. The van der Waals surface area contributed by atoms with Gasteiger partial charge in [0.1, 0.15) is 0 Å². The van der Waals surface area contributed by atoms with E-state index in [0.717, 1.165) is 11.3 Å². The van der Waals surface area contributed by atoms with Crippen LogP contribution >= 0.6 is 0 Å². The fourth-order valence-electron chi connectivity index (χ4n) is 2.11. The van der Waals surface area contributed by atoms with Gasteiger partial charge in [-0.3, -0.25) is 0 Å². The molecule has 1 N–H and O–H groups in total. The Bertz CT molecular complexity index is 158. The highest BCUT2D eigenvalue weighted by Gasteiger charge is 2.38. The maximum atomic E-state index is 3.89. The third kappa shape index (κ3) is 2.93. The molecule has 1 heterocycles. The van der Waals surface area contributed by atoms with Crippen molar-refractivity contribution in [2.45, 2.75) is 63.5 Å². The summed E-state index contributed by atoms with van der Waals surface area (Å²) >= 11 is 0. The molecule has 0 spiro atoms. The third-order valence-corrected chi connectivity index (χ3v) is 8.33. The lowest BCUT2D eigenvalue weighted by Crippen LogP contribution is -2.53. The topological polar surface area (TPSA) is 12.0 Å². The van der Waals surface area contributed by atoms with E-state index in [9.17, 15) is 0 Å². The Balaban J connectivity index is 2.55. The predicted octanol–water partition coefficient (Wildman–Crippen LogP) is 2.86. The third-order valence-electron chi connectivity index (χ3n) is 3.24. The van der Waals surface area contributed by atoms with Gasteiger partial charge in [0.05, 0.1) is 16.1 Å². The standard InChI is InChI=1S/C10H25NSi2/c1-12(2,3)9-7-8-10(11-9)13(4,5)6/h9-11H,7-8H2,1-6H3/t9-,10-/m0/s1. The maximum absolute atomic E-state index is 3.89. The van der Waals surface area contributed by atoms with Gasteiger partial charge in [-0.15, -0.1) is 0 Å². The summed E-state index contributed by atoms with van der Waals surface area (Å²) in [6.45, 7) is 14.9. The van der Waals surface area contributed by atoms with E-state index in [1.807, 2.05) is 0 Å². The van der Waals surface area contributed by atoms with E-state index in [2.05, 4.69) is 44.6 Å². The summed E-state index contributed by atoms with van der Waals surface area (Å²) in [6, 6.07) is 0. The molecule has 1 fully saturated rings. The first-order valence-corrected chi connectivity index (χ1v) is 12.6. The fourth-order valence-corrected chi connectivity index (χ4v) is 5.74. The van der Waals surface area contributed by atoms with E-state index in [1.54, 1.807) is 0 Å². The zero-order valence-electron chi connectivity index (χ0n) is 10.1. The molecule has 0 unspecified atom stereocenters. The second-order valence-corrected chi connectivity index (χ2v) is 17.4. The summed E-state index contributed by atoms with van der Waals surface area (Å²) in [6.07, 6.45) is 2.87. The van der Waals surface area contributed by atoms with E-state index < -0.39 is 16.1 Å². The Morgan fingerprint density at radius 1 is 0.769 bits per heavy atom. The van der Waals surface area contributed by atoms with E-state index in [1.165, 1.54) is 12.8 Å². The molecule has 1 aliphatic rings. The van der Waals surface area contributed by atoms with Crippen molar-refractivity contribution in [3.8, 4) is 0 Å². The summed E-state index contributed by atoms with van der Waals surface area (Å²) < 4.78 is 0. The lowest BCUT2D eigenvalue weighted by Gasteiger charge is -2.30. The van der Waals surface area contributed by atoms with E-state index in [-0.39, 0.29) is 0 Å². The summed E-state index contributed by atoms with van der Waals surface area (Å²) in [5.41, 5.74) is 1.76. The van der Waals surface area contributed by atoms with Crippen LogP contribution in [-0.2, 0) is 0 Å². The van der Waals surface area contributed by atoms with Gasteiger partial charge >= 0.3 is 0 Å². The smallest absolute Gasteiger partial charge is 0.0635 e. The zero-order valence-corrected chi connectivity index (χ0v) is 12.1. The number of hydrogen-bond acceptors (Lipinski definition) is 1. The molecule has 1 nitrogen and oxygen atoms in total. The van der Waals surface area contributed by atoms with Gasteiger partial charge in [-0.25, -0.2) is 0 Å². The Labute approximate surface area is 85.3 Å². The van der Waals surface area contributed by atoms with Crippen molar-refractivity contribution in [2.24, 2.45) is 0 Å². The first-order valence-electron chi connectivity index (χ1n) is 5.47. The van der Waals surface area contributed by atoms with E-state index in [4.69, 9.17) is 0 Å². The molecule has 1 saturated heterocycles. The largest absolute Gasteiger partial charge is 0.316 e. The molecule has 0 aromatic carbocycles. The van der Waals surface area contributed by atoms with Gasteiger partial charge in [-0.05, 0) is 24.2 Å². The molecule has 0 bridgehead atoms. The molecular formula is C10H25NSi2. The van der Waals surface area contributed by atoms with Crippen LogP contribution in [0.3, 0.4) is 0 Å². The Morgan fingerprint density at radius 3 is 1.23 bits per heavy atom. The van der Waals surface area contributed by atoms with Crippen molar-refractivity contribution in [3.63, 3.8) is 0 Å². The molecule has 0 amide bonds. The molecular weight excluding hydrogens is 190 g/mol. The normalized spacial score (nSPS) is 30.9. The van der Waals surface area contributed by atoms with Crippen molar-refractivity contribution >= 4 is 16.1 Å². The zero-order chi connectivity index (χ0) is 10.3. The highest BCUT2D eigenvalue weighted by Crippen LogP contribution is 2.25. The molecule has 0 aliphatic carbocycles. The van der Waals surface area contributed by atoms with Crippen LogP contribution in [0.4, 0.5) is 0 Å². The molecule has 2 atom stereocenters. The highest BCUT2D eigenvalue weighted by molar-refractivity contribution is 6.79. The van der Waals surface area contributed by atoms with Crippen LogP contribution in [0.2, 0.25) is 39.3 Å². The van der Waals surface area contributed by atoms with Gasteiger partial charge in [0, 0.05) is 0 Å². The SMILES string of the molecule is C[Si](C)(C)[C@H]1CC[C@H]([Si](C)(C)C)N1. The molecule has 0 saturated carbocycles. The second kappa shape index (κ2) is 3.52. The van der Waals surface area contributed by atoms with Crippen molar-refractivity contribution in [2.75, 3.05) is 0 Å². The minimum absolute atomic E-state index is 0.879. The van der Waals surface area contributed by atoms with E-state index >= 15 is 0 Å². The van der Waals surface area contributed by atoms with Crippen LogP contribution in [0.1, 0.15) is 12.8 Å². The monoisotopic (exact) mass is 215 g/mol. The molecule has 78 valence electrons. The average molecular weight is 215 g/mol. The van der Waals surface area contributed by atoms with Gasteiger partial charge in [-0.2, -0.15) is 0 Å². The summed E-state index contributed by atoms with van der Waals surface area (Å²) in [5, 5.41) is 3.89. The van der Waals surface area contributed by atoms with Crippen LogP contribution in [0.25, 0.3) is 0 Å². The fraction of sp³-hybridized carbons (Fsp3) is 1.00. The van der Waals surface area contributed by atoms with Crippen molar-refractivity contribution in [1.29, 1.82) is 0 Å². The molecule has 1 rings (SSSR count). The first kappa shape index (κ1) is 11.5. The maximum Gasteiger partial charge on any atom is 0.0635 e. The van der Waals surface area contributed by atoms with Crippen LogP contribution in [-0.4, -0.2) is 27.5 Å². The lowest BCUT2D eigenvalue weighted by atomic mass is 10.4. The van der Waals surface area contributed by atoms with Gasteiger partial charge in [0.15, 0.2) is 0 Å². The summed E-state index contributed by atoms with van der Waals surface area (Å²) in [5.74, 6) is 0. The first-order chi connectivity index (χ1) is 5.71. The lowest BCUT2D eigenvalue weighted by molar-refractivity contribution is 0.717. The molecule has 0 aromatic heterocycles. The van der Waals surface area contributed by atoms with Crippen molar-refractivity contribution in [3.05, 3.63) is 0 Å². The number of hydrogen-bond donors (Lipinski definition) is 1. The summed E-state index contributed by atoms with van der Waals surface area (Å²) in [7, 11) is -1.87. The summed E-state index contributed by atoms with van der Waals surface area (Å²) in [4.78, 5) is 0. The Hall–Kier alpha value is 0.394.